The fraction of sp³-hybridized carbons (Fsp3) is 0.692. The van der Waals surface area contributed by atoms with Gasteiger partial charge >= 0.3 is 0 Å². The third kappa shape index (κ3) is 3.89. The maximum atomic E-state index is 11.9. The van der Waals surface area contributed by atoms with Gasteiger partial charge in [-0.15, -0.1) is 0 Å². The average Bonchev–Trinajstić information content (AvgIpc) is 2.83. The third-order valence-electron chi connectivity index (χ3n) is 3.77. The van der Waals surface area contributed by atoms with Gasteiger partial charge in [0.1, 0.15) is 12.4 Å². The van der Waals surface area contributed by atoms with Crippen molar-refractivity contribution >= 4 is 23.5 Å². The zero-order valence-electron chi connectivity index (χ0n) is 11.4. The van der Waals surface area contributed by atoms with E-state index in [4.69, 9.17) is 5.73 Å². The number of nitrogens with zero attached hydrogens (tertiary/aromatic N) is 2. The number of amides is 1. The zero-order chi connectivity index (χ0) is 13.7. The number of carbonyl (C=O) groups excluding carboxylic acids is 1. The molecule has 1 saturated carbocycles. The molecule has 0 saturated heterocycles. The Morgan fingerprint density at radius 2 is 2.26 bits per heavy atom. The summed E-state index contributed by atoms with van der Waals surface area (Å²) in [5.74, 6) is 0.447. The molecule has 1 aliphatic carbocycles. The van der Waals surface area contributed by atoms with Gasteiger partial charge in [-0.2, -0.15) is 16.9 Å². The van der Waals surface area contributed by atoms with Crippen LogP contribution < -0.4 is 11.1 Å². The summed E-state index contributed by atoms with van der Waals surface area (Å²) in [6, 6.07) is 1.69. The van der Waals surface area contributed by atoms with Crippen LogP contribution in [0, 0.1) is 0 Å². The first-order valence-corrected chi connectivity index (χ1v) is 7.97. The minimum Gasteiger partial charge on any atom is -0.382 e. The molecule has 106 valence electrons. The standard InChI is InChI=1S/C13H22N4OS/c1-19-13(6-3-2-4-7-13)10-15-12(18)9-17-8-5-11(14)16-17/h5,8H,2-4,6-7,9-10H2,1H3,(H2,14,16)(H,15,18). The Balaban J connectivity index is 1.82. The van der Waals surface area contributed by atoms with Crippen LogP contribution in [0.2, 0.25) is 0 Å². The number of carbonyl (C=O) groups is 1. The molecule has 0 atom stereocenters. The summed E-state index contributed by atoms with van der Waals surface area (Å²) >= 11 is 1.89. The molecule has 2 rings (SSSR count). The smallest absolute Gasteiger partial charge is 0.241 e. The van der Waals surface area contributed by atoms with Crippen molar-refractivity contribution in [3.05, 3.63) is 12.3 Å². The van der Waals surface area contributed by atoms with Gasteiger partial charge in [-0.1, -0.05) is 19.3 Å². The van der Waals surface area contributed by atoms with Gasteiger partial charge in [0.2, 0.25) is 5.91 Å². The Morgan fingerprint density at radius 3 is 2.84 bits per heavy atom. The van der Waals surface area contributed by atoms with Crippen molar-refractivity contribution in [2.45, 2.75) is 43.4 Å². The Morgan fingerprint density at radius 1 is 1.53 bits per heavy atom. The lowest BCUT2D eigenvalue weighted by molar-refractivity contribution is -0.122. The van der Waals surface area contributed by atoms with Crippen LogP contribution in [0.1, 0.15) is 32.1 Å². The molecule has 0 spiro atoms. The van der Waals surface area contributed by atoms with Crippen molar-refractivity contribution in [1.29, 1.82) is 0 Å². The van der Waals surface area contributed by atoms with Crippen LogP contribution in [0.4, 0.5) is 5.82 Å². The van der Waals surface area contributed by atoms with E-state index < -0.39 is 0 Å². The summed E-state index contributed by atoms with van der Waals surface area (Å²) in [4.78, 5) is 11.9. The van der Waals surface area contributed by atoms with E-state index >= 15 is 0 Å². The summed E-state index contributed by atoms with van der Waals surface area (Å²) in [6.45, 7) is 0.991. The number of rotatable bonds is 5. The normalized spacial score (nSPS) is 18.2. The van der Waals surface area contributed by atoms with Crippen LogP contribution in [-0.4, -0.2) is 33.2 Å². The topological polar surface area (TPSA) is 72.9 Å². The summed E-state index contributed by atoms with van der Waals surface area (Å²) in [5, 5.41) is 7.05. The molecule has 0 radical (unpaired) electrons. The molecule has 3 N–H and O–H groups in total. The van der Waals surface area contributed by atoms with E-state index in [-0.39, 0.29) is 17.2 Å². The highest BCUT2D eigenvalue weighted by atomic mass is 32.2. The summed E-state index contributed by atoms with van der Waals surface area (Å²) in [7, 11) is 0. The maximum absolute atomic E-state index is 11.9. The van der Waals surface area contributed by atoms with E-state index in [0.717, 1.165) is 6.54 Å². The van der Waals surface area contributed by atoms with Gasteiger partial charge in [-0.25, -0.2) is 0 Å². The molecule has 1 amide bonds. The number of nitrogens with one attached hydrogen (secondary N) is 1. The second-order valence-corrected chi connectivity index (χ2v) is 6.44. The first-order valence-electron chi connectivity index (χ1n) is 6.74. The third-order valence-corrected chi connectivity index (χ3v) is 5.19. The van der Waals surface area contributed by atoms with E-state index in [1.165, 1.54) is 32.1 Å². The summed E-state index contributed by atoms with van der Waals surface area (Å²) in [5.41, 5.74) is 5.52. The number of anilines is 1. The maximum Gasteiger partial charge on any atom is 0.241 e. The van der Waals surface area contributed by atoms with Gasteiger partial charge in [0, 0.05) is 17.5 Å². The van der Waals surface area contributed by atoms with Gasteiger partial charge in [-0.3, -0.25) is 9.48 Å². The lowest BCUT2D eigenvalue weighted by Crippen LogP contribution is -2.42. The minimum atomic E-state index is 0.00194. The van der Waals surface area contributed by atoms with Crippen molar-refractivity contribution in [1.82, 2.24) is 15.1 Å². The van der Waals surface area contributed by atoms with Crippen LogP contribution in [-0.2, 0) is 11.3 Å². The van der Waals surface area contributed by atoms with Gasteiger partial charge in [-0.05, 0) is 25.2 Å². The molecule has 6 heteroatoms. The monoisotopic (exact) mass is 282 g/mol. The zero-order valence-corrected chi connectivity index (χ0v) is 12.2. The number of nitrogen functional groups attached to an aromatic ring is 1. The van der Waals surface area contributed by atoms with Crippen molar-refractivity contribution in [3.63, 3.8) is 0 Å². The van der Waals surface area contributed by atoms with Crippen molar-refractivity contribution in [3.8, 4) is 0 Å². The summed E-state index contributed by atoms with van der Waals surface area (Å²) < 4.78 is 1.80. The number of thioether (sulfide) groups is 1. The molecule has 19 heavy (non-hydrogen) atoms. The van der Waals surface area contributed by atoms with Crippen molar-refractivity contribution in [2.24, 2.45) is 0 Å². The highest BCUT2D eigenvalue weighted by Crippen LogP contribution is 2.37. The second-order valence-electron chi connectivity index (χ2n) is 5.16. The number of nitrogens with two attached hydrogens (primary N) is 1. The van der Waals surface area contributed by atoms with E-state index in [1.54, 1.807) is 16.9 Å². The van der Waals surface area contributed by atoms with E-state index in [9.17, 15) is 4.79 Å². The average molecular weight is 282 g/mol. The van der Waals surface area contributed by atoms with Crippen LogP contribution in [0.25, 0.3) is 0 Å². The SMILES string of the molecule is CSC1(CNC(=O)Cn2ccc(N)n2)CCCCC1. The predicted molar refractivity (Wildman–Crippen MR) is 79.0 cm³/mol. The molecule has 1 heterocycles. The van der Waals surface area contributed by atoms with Crippen molar-refractivity contribution in [2.75, 3.05) is 18.5 Å². The van der Waals surface area contributed by atoms with Gasteiger partial charge in [0.15, 0.2) is 0 Å². The fourth-order valence-corrected chi connectivity index (χ4v) is 3.49. The Bertz CT molecular complexity index is 426. The first kappa shape index (κ1) is 14.2. The molecule has 0 aliphatic heterocycles. The lowest BCUT2D eigenvalue weighted by Gasteiger charge is -2.35. The quantitative estimate of drug-likeness (QED) is 0.861. The molecular weight excluding hydrogens is 260 g/mol. The molecule has 1 aliphatic rings. The van der Waals surface area contributed by atoms with Crippen LogP contribution >= 0.6 is 11.8 Å². The minimum absolute atomic E-state index is 0.00194. The molecule has 5 nitrogen and oxygen atoms in total. The number of hydrogen-bond acceptors (Lipinski definition) is 4. The highest BCUT2D eigenvalue weighted by molar-refractivity contribution is 8.00. The molecule has 1 fully saturated rings. The number of aromatic nitrogens is 2. The summed E-state index contributed by atoms with van der Waals surface area (Å²) in [6.07, 6.45) is 10.1. The van der Waals surface area contributed by atoms with Gasteiger partial charge in [0.05, 0.1) is 0 Å². The Labute approximate surface area is 118 Å². The Kier molecular flexibility index (Phi) is 4.74. The lowest BCUT2D eigenvalue weighted by atomic mass is 9.88. The van der Waals surface area contributed by atoms with E-state index in [2.05, 4.69) is 16.7 Å². The predicted octanol–water partition coefficient (Wildman–Crippen LogP) is 1.65. The van der Waals surface area contributed by atoms with Gasteiger partial charge in [0.25, 0.3) is 0 Å². The van der Waals surface area contributed by atoms with E-state index in [1.807, 2.05) is 11.8 Å². The largest absolute Gasteiger partial charge is 0.382 e. The molecule has 0 aromatic carbocycles. The Hall–Kier alpha value is -1.17. The number of hydrogen-bond donors (Lipinski definition) is 2. The van der Waals surface area contributed by atoms with Crippen molar-refractivity contribution < 1.29 is 4.79 Å². The molecular formula is C13H22N4OS. The van der Waals surface area contributed by atoms with Gasteiger partial charge < -0.3 is 11.1 Å². The molecule has 1 aromatic rings. The fourth-order valence-electron chi connectivity index (χ4n) is 2.58. The molecule has 1 aromatic heterocycles. The second kappa shape index (κ2) is 6.32. The first-order chi connectivity index (χ1) is 9.13. The van der Waals surface area contributed by atoms with E-state index in [0.29, 0.717) is 5.82 Å². The molecule has 0 unspecified atom stereocenters. The van der Waals surface area contributed by atoms with Crippen LogP contribution in [0.3, 0.4) is 0 Å². The van der Waals surface area contributed by atoms with Crippen LogP contribution in [0.5, 0.6) is 0 Å². The molecule has 0 bridgehead atoms. The highest BCUT2D eigenvalue weighted by Gasteiger charge is 2.31. The van der Waals surface area contributed by atoms with Crippen LogP contribution in [0.15, 0.2) is 12.3 Å².